The number of nitrogens with one attached hydrogen (secondary N) is 1. The number of carbonyl (C=O) groups excluding carboxylic acids is 1. The Morgan fingerprint density at radius 1 is 1.13 bits per heavy atom. The van der Waals surface area contributed by atoms with E-state index in [1.807, 2.05) is 82.6 Å². The molecule has 1 atom stereocenters. The predicted octanol–water partition coefficient (Wildman–Crippen LogP) is 4.24. The van der Waals surface area contributed by atoms with E-state index in [0.29, 0.717) is 12.2 Å². The molecule has 3 heterocycles. The zero-order valence-electron chi connectivity index (χ0n) is 16.4. The normalized spacial score (nSPS) is 17.7. The minimum Gasteiger partial charge on any atom is -0.355 e. The maximum atomic E-state index is 13.1. The Labute approximate surface area is 182 Å². The van der Waals surface area contributed by atoms with Crippen LogP contribution in [-0.4, -0.2) is 38.7 Å². The predicted molar refractivity (Wildman–Crippen MR) is 122 cm³/mol. The second-order valence-electron chi connectivity index (χ2n) is 7.35. The van der Waals surface area contributed by atoms with Gasteiger partial charge in [0.15, 0.2) is 0 Å². The highest BCUT2D eigenvalue weighted by Gasteiger charge is 2.32. The lowest BCUT2D eigenvalue weighted by atomic mass is 10.2. The van der Waals surface area contributed by atoms with E-state index < -0.39 is 0 Å². The zero-order valence-corrected chi connectivity index (χ0v) is 18.0. The van der Waals surface area contributed by atoms with Crippen LogP contribution < -0.4 is 5.32 Å². The van der Waals surface area contributed by atoms with Crippen molar-refractivity contribution in [1.82, 2.24) is 19.6 Å². The molecule has 0 fully saturated rings. The molecule has 3 aromatic rings. The maximum Gasteiger partial charge on any atom is 0.273 e. The zero-order chi connectivity index (χ0) is 20.7. The van der Waals surface area contributed by atoms with Gasteiger partial charge in [-0.25, -0.2) is 0 Å². The topological polar surface area (TPSA) is 53.4 Å². The Morgan fingerprint density at radius 2 is 1.97 bits per heavy atom. The molecule has 0 spiro atoms. The van der Waals surface area contributed by atoms with Crippen molar-refractivity contribution >= 4 is 38.4 Å². The molecule has 0 aliphatic carbocycles. The summed E-state index contributed by atoms with van der Waals surface area (Å²) in [6.07, 6.45) is 9.66. The molecule has 2 aliphatic heterocycles. The molecule has 6 nitrogen and oxygen atoms in total. The third-order valence-electron chi connectivity index (χ3n) is 5.34. The second kappa shape index (κ2) is 7.50. The fraction of sp³-hybridized carbons (Fsp3) is 0.130. The van der Waals surface area contributed by atoms with Gasteiger partial charge in [0.1, 0.15) is 11.9 Å². The third-order valence-corrected chi connectivity index (χ3v) is 5.81. The molecule has 2 aromatic carbocycles. The van der Waals surface area contributed by atoms with Crippen LogP contribution in [0.1, 0.15) is 5.56 Å². The van der Waals surface area contributed by atoms with Gasteiger partial charge in [-0.1, -0.05) is 36.4 Å². The van der Waals surface area contributed by atoms with Gasteiger partial charge >= 0.3 is 0 Å². The number of fused-ring (bicyclic) bond motifs is 2. The summed E-state index contributed by atoms with van der Waals surface area (Å²) in [5.41, 5.74) is 3.50. The average molecular weight is 462 g/mol. The first-order valence-corrected chi connectivity index (χ1v) is 10.5. The monoisotopic (exact) mass is 461 g/mol. The Balaban J connectivity index is 1.41. The number of nitrogens with zero attached hydrogens (tertiary/aromatic N) is 4. The summed E-state index contributed by atoms with van der Waals surface area (Å²) in [5, 5.41) is 8.54. The Hall–Kier alpha value is -3.32. The first-order valence-electron chi connectivity index (χ1n) is 9.67. The number of hydrogen-bond acceptors (Lipinski definition) is 4. The summed E-state index contributed by atoms with van der Waals surface area (Å²) in [6, 6.07) is 16.1. The van der Waals surface area contributed by atoms with Crippen LogP contribution in [0, 0.1) is 0 Å². The molecular formula is C23H20BrN5O. The van der Waals surface area contributed by atoms with E-state index in [1.165, 1.54) is 5.56 Å². The van der Waals surface area contributed by atoms with Gasteiger partial charge in [-0.15, -0.1) is 0 Å². The summed E-state index contributed by atoms with van der Waals surface area (Å²) < 4.78 is 2.88. The molecule has 7 heteroatoms. The third kappa shape index (κ3) is 3.31. The molecule has 0 saturated heterocycles. The molecule has 0 saturated carbocycles. The van der Waals surface area contributed by atoms with Crippen LogP contribution in [0.25, 0.3) is 10.9 Å². The van der Waals surface area contributed by atoms with Gasteiger partial charge in [0.2, 0.25) is 0 Å². The van der Waals surface area contributed by atoms with Crippen molar-refractivity contribution in [3.05, 3.63) is 95.0 Å². The Bertz CT molecular complexity index is 1210. The van der Waals surface area contributed by atoms with Gasteiger partial charge in [0.05, 0.1) is 23.9 Å². The number of benzene rings is 2. The first kappa shape index (κ1) is 18.7. The number of amides is 1. The van der Waals surface area contributed by atoms with E-state index in [9.17, 15) is 4.79 Å². The van der Waals surface area contributed by atoms with E-state index in [1.54, 1.807) is 0 Å². The van der Waals surface area contributed by atoms with Crippen molar-refractivity contribution in [1.29, 1.82) is 0 Å². The minimum atomic E-state index is -0.153. The molecule has 5 rings (SSSR count). The van der Waals surface area contributed by atoms with Crippen molar-refractivity contribution in [2.45, 2.75) is 12.7 Å². The van der Waals surface area contributed by atoms with E-state index in [2.05, 4.69) is 44.6 Å². The fourth-order valence-electron chi connectivity index (χ4n) is 3.86. The maximum absolute atomic E-state index is 13.1. The van der Waals surface area contributed by atoms with Crippen LogP contribution in [0.3, 0.4) is 0 Å². The number of aromatic nitrogens is 2. The van der Waals surface area contributed by atoms with Gasteiger partial charge in [0, 0.05) is 29.3 Å². The van der Waals surface area contributed by atoms with Crippen LogP contribution >= 0.6 is 15.9 Å². The molecule has 1 aromatic heterocycles. The van der Waals surface area contributed by atoms with E-state index in [4.69, 9.17) is 0 Å². The summed E-state index contributed by atoms with van der Waals surface area (Å²) >= 11 is 3.49. The molecule has 1 amide bonds. The van der Waals surface area contributed by atoms with Crippen molar-refractivity contribution in [3.63, 3.8) is 0 Å². The molecule has 150 valence electrons. The molecular weight excluding hydrogens is 442 g/mol. The van der Waals surface area contributed by atoms with Crippen LogP contribution in [-0.2, 0) is 11.3 Å². The van der Waals surface area contributed by atoms with Gasteiger partial charge in [-0.2, -0.15) is 5.10 Å². The lowest BCUT2D eigenvalue weighted by molar-refractivity contribution is -0.114. The number of hydrogen-bond donors (Lipinski definition) is 1. The molecule has 0 radical (unpaired) electrons. The van der Waals surface area contributed by atoms with Crippen molar-refractivity contribution in [2.75, 3.05) is 12.4 Å². The van der Waals surface area contributed by atoms with Crippen LogP contribution in [0.15, 0.2) is 89.5 Å². The summed E-state index contributed by atoms with van der Waals surface area (Å²) in [5.74, 6) is -0.153. The van der Waals surface area contributed by atoms with E-state index in [-0.39, 0.29) is 12.1 Å². The number of anilines is 1. The number of halogens is 1. The molecule has 1 unspecified atom stereocenters. The van der Waals surface area contributed by atoms with Crippen LogP contribution in [0.5, 0.6) is 0 Å². The highest BCUT2D eigenvalue weighted by Crippen LogP contribution is 2.31. The fourth-order valence-corrected chi connectivity index (χ4v) is 4.23. The Morgan fingerprint density at radius 3 is 2.80 bits per heavy atom. The SMILES string of the molecule is CN1C=C(C(=O)Nc2cccc3c2cnn3Cc2ccccc2)N2C=C(Br)C=CC12. The largest absolute Gasteiger partial charge is 0.355 e. The summed E-state index contributed by atoms with van der Waals surface area (Å²) in [6.45, 7) is 0.679. The Kier molecular flexibility index (Phi) is 4.67. The van der Waals surface area contributed by atoms with Crippen molar-refractivity contribution < 1.29 is 4.79 Å². The van der Waals surface area contributed by atoms with Gasteiger partial charge < -0.3 is 15.1 Å². The van der Waals surface area contributed by atoms with Gasteiger partial charge in [0.25, 0.3) is 5.91 Å². The standard InChI is InChI=1S/C23H20BrN5O/c1-27-15-21(28-14-17(24)10-11-22(27)28)23(30)26-19-8-5-9-20-18(19)12-25-29(20)13-16-6-3-2-4-7-16/h2-12,14-15,22H,13H2,1H3,(H,26,30). The smallest absolute Gasteiger partial charge is 0.273 e. The first-order chi connectivity index (χ1) is 14.6. The quantitative estimate of drug-likeness (QED) is 0.630. The minimum absolute atomic E-state index is 0.0106. The number of likely N-dealkylation sites (N-methyl/N-ethyl adjacent to an activating group) is 1. The lowest BCUT2D eigenvalue weighted by Crippen LogP contribution is -2.36. The van der Waals surface area contributed by atoms with Crippen LogP contribution in [0.4, 0.5) is 5.69 Å². The van der Waals surface area contributed by atoms with E-state index >= 15 is 0 Å². The highest BCUT2D eigenvalue weighted by molar-refractivity contribution is 9.11. The van der Waals surface area contributed by atoms with Crippen molar-refractivity contribution in [3.8, 4) is 0 Å². The molecule has 0 bridgehead atoms. The summed E-state index contributed by atoms with van der Waals surface area (Å²) in [7, 11) is 1.96. The molecule has 2 aliphatic rings. The number of carbonyl (C=O) groups is 1. The van der Waals surface area contributed by atoms with Crippen LogP contribution in [0.2, 0.25) is 0 Å². The number of rotatable bonds is 4. The summed E-state index contributed by atoms with van der Waals surface area (Å²) in [4.78, 5) is 17.1. The second-order valence-corrected chi connectivity index (χ2v) is 8.27. The lowest BCUT2D eigenvalue weighted by Gasteiger charge is -2.29. The average Bonchev–Trinajstić information content (AvgIpc) is 3.30. The van der Waals surface area contributed by atoms with Crippen molar-refractivity contribution in [2.24, 2.45) is 0 Å². The number of allylic oxidation sites excluding steroid dienone is 2. The molecule has 1 N–H and O–H groups in total. The highest BCUT2D eigenvalue weighted by atomic mass is 79.9. The van der Waals surface area contributed by atoms with E-state index in [0.717, 1.165) is 21.1 Å². The van der Waals surface area contributed by atoms with Gasteiger partial charge in [-0.05, 0) is 45.8 Å². The van der Waals surface area contributed by atoms with Gasteiger partial charge in [-0.3, -0.25) is 9.48 Å². The molecule has 30 heavy (non-hydrogen) atoms.